The van der Waals surface area contributed by atoms with Gasteiger partial charge in [0.15, 0.2) is 0 Å². The number of ether oxygens (including phenoxy) is 1. The Morgan fingerprint density at radius 1 is 1.34 bits per heavy atom. The summed E-state index contributed by atoms with van der Waals surface area (Å²) < 4.78 is 11.2. The quantitative estimate of drug-likeness (QED) is 0.712. The standard InChI is InChI=1S/C25H32N4O3/c1-6-18-13-28(8-9-29(18)24(30)17-7-10-31-14-17)23-20(12-26)19-11-25(4,5)32-15-21(19)22(27-23)16(2)3/h7,10,14,16,18H,6,8-9,11,13,15H2,1-5H3. The molecule has 1 unspecified atom stereocenters. The molecule has 1 amide bonds. The second-order valence-corrected chi connectivity index (χ2v) is 9.66. The van der Waals surface area contributed by atoms with E-state index >= 15 is 0 Å². The van der Waals surface area contributed by atoms with Crippen LogP contribution < -0.4 is 4.90 Å². The number of piperazine rings is 1. The van der Waals surface area contributed by atoms with Gasteiger partial charge in [0.25, 0.3) is 5.91 Å². The summed E-state index contributed by atoms with van der Waals surface area (Å²) in [7, 11) is 0. The Labute approximate surface area is 190 Å². The second kappa shape index (κ2) is 8.59. The molecular weight excluding hydrogens is 404 g/mol. The van der Waals surface area contributed by atoms with Gasteiger partial charge in [-0.2, -0.15) is 5.26 Å². The van der Waals surface area contributed by atoms with Gasteiger partial charge in [-0.15, -0.1) is 0 Å². The molecule has 0 spiro atoms. The van der Waals surface area contributed by atoms with E-state index in [2.05, 4.69) is 45.6 Å². The van der Waals surface area contributed by atoms with Crippen LogP contribution in [0, 0.1) is 11.3 Å². The first-order valence-corrected chi connectivity index (χ1v) is 11.4. The summed E-state index contributed by atoms with van der Waals surface area (Å²) in [6.45, 7) is 12.9. The van der Waals surface area contributed by atoms with Crippen LogP contribution in [0.15, 0.2) is 23.0 Å². The Hall–Kier alpha value is -2.85. The number of carbonyl (C=O) groups is 1. The SMILES string of the molecule is CCC1CN(c2nc(C(C)C)c3c(c2C#N)CC(C)(C)OC3)CCN1C(=O)c1ccoc1. The first kappa shape index (κ1) is 22.3. The number of fused-ring (bicyclic) bond motifs is 1. The molecule has 32 heavy (non-hydrogen) atoms. The lowest BCUT2D eigenvalue weighted by atomic mass is 9.86. The molecule has 2 aromatic rings. The summed E-state index contributed by atoms with van der Waals surface area (Å²) in [6, 6.07) is 4.21. The molecule has 0 aromatic carbocycles. The largest absolute Gasteiger partial charge is 0.472 e. The molecule has 2 aromatic heterocycles. The molecule has 2 aliphatic heterocycles. The van der Waals surface area contributed by atoms with Crippen molar-refractivity contribution in [2.75, 3.05) is 24.5 Å². The zero-order valence-electron chi connectivity index (χ0n) is 19.6. The minimum absolute atomic E-state index is 0.00840. The molecular formula is C25H32N4O3. The number of pyridine rings is 1. The van der Waals surface area contributed by atoms with E-state index in [-0.39, 0.29) is 23.5 Å². The molecule has 2 aliphatic rings. The molecule has 4 heterocycles. The third kappa shape index (κ3) is 4.00. The van der Waals surface area contributed by atoms with Gasteiger partial charge in [0.1, 0.15) is 18.2 Å². The van der Waals surface area contributed by atoms with Crippen molar-refractivity contribution in [2.45, 2.75) is 71.6 Å². The summed E-state index contributed by atoms with van der Waals surface area (Å²) in [5, 5.41) is 10.2. The molecule has 1 fully saturated rings. The minimum Gasteiger partial charge on any atom is -0.472 e. The Bertz CT molecular complexity index is 1040. The van der Waals surface area contributed by atoms with E-state index in [4.69, 9.17) is 14.1 Å². The minimum atomic E-state index is -0.312. The number of amides is 1. The van der Waals surface area contributed by atoms with Gasteiger partial charge in [-0.3, -0.25) is 4.79 Å². The van der Waals surface area contributed by atoms with Crippen molar-refractivity contribution in [3.63, 3.8) is 0 Å². The van der Waals surface area contributed by atoms with Gasteiger partial charge in [-0.05, 0) is 37.8 Å². The van der Waals surface area contributed by atoms with Crippen molar-refractivity contribution in [1.29, 1.82) is 5.26 Å². The number of nitriles is 1. The van der Waals surface area contributed by atoms with Crippen molar-refractivity contribution >= 4 is 11.7 Å². The van der Waals surface area contributed by atoms with E-state index in [0.29, 0.717) is 43.8 Å². The fraction of sp³-hybridized carbons (Fsp3) is 0.560. The monoisotopic (exact) mass is 436 g/mol. The Kier molecular flexibility index (Phi) is 6.00. The Morgan fingerprint density at radius 2 is 2.12 bits per heavy atom. The lowest BCUT2D eigenvalue weighted by Crippen LogP contribution is -2.55. The van der Waals surface area contributed by atoms with Crippen LogP contribution in [-0.2, 0) is 17.8 Å². The number of carbonyl (C=O) groups excluding carboxylic acids is 1. The first-order valence-electron chi connectivity index (χ1n) is 11.4. The van der Waals surface area contributed by atoms with Crippen LogP contribution in [0.5, 0.6) is 0 Å². The zero-order chi connectivity index (χ0) is 23.0. The van der Waals surface area contributed by atoms with Crippen molar-refractivity contribution in [3.8, 4) is 6.07 Å². The van der Waals surface area contributed by atoms with E-state index < -0.39 is 0 Å². The third-order valence-electron chi connectivity index (χ3n) is 6.58. The number of anilines is 1. The van der Waals surface area contributed by atoms with Crippen LogP contribution in [0.4, 0.5) is 5.82 Å². The van der Waals surface area contributed by atoms with Gasteiger partial charge in [0.05, 0.1) is 35.3 Å². The van der Waals surface area contributed by atoms with Crippen LogP contribution >= 0.6 is 0 Å². The predicted octanol–water partition coefficient (Wildman–Crippen LogP) is 4.26. The zero-order valence-corrected chi connectivity index (χ0v) is 19.6. The highest BCUT2D eigenvalue weighted by Crippen LogP contribution is 2.38. The average Bonchev–Trinajstić information content (AvgIpc) is 3.31. The smallest absolute Gasteiger partial charge is 0.257 e. The lowest BCUT2D eigenvalue weighted by molar-refractivity contribution is -0.0408. The molecule has 170 valence electrons. The maximum atomic E-state index is 13.0. The van der Waals surface area contributed by atoms with E-state index in [0.717, 1.165) is 29.1 Å². The van der Waals surface area contributed by atoms with Crippen LogP contribution in [-0.4, -0.2) is 47.1 Å². The summed E-state index contributed by atoms with van der Waals surface area (Å²) in [5.41, 5.74) is 4.07. The molecule has 1 saturated heterocycles. The molecule has 4 rings (SSSR count). The summed E-state index contributed by atoms with van der Waals surface area (Å²) >= 11 is 0. The van der Waals surface area contributed by atoms with Gasteiger partial charge in [0.2, 0.25) is 0 Å². The van der Waals surface area contributed by atoms with Crippen molar-refractivity contribution in [3.05, 3.63) is 46.5 Å². The molecule has 0 bridgehead atoms. The predicted molar refractivity (Wildman–Crippen MR) is 122 cm³/mol. The summed E-state index contributed by atoms with van der Waals surface area (Å²) in [4.78, 5) is 22.1. The molecule has 0 N–H and O–H groups in total. The van der Waals surface area contributed by atoms with Gasteiger partial charge in [-0.1, -0.05) is 20.8 Å². The topological polar surface area (TPSA) is 82.6 Å². The third-order valence-corrected chi connectivity index (χ3v) is 6.58. The van der Waals surface area contributed by atoms with E-state index in [9.17, 15) is 10.1 Å². The van der Waals surface area contributed by atoms with Crippen LogP contribution in [0.3, 0.4) is 0 Å². The van der Waals surface area contributed by atoms with Crippen molar-refractivity contribution in [2.24, 2.45) is 0 Å². The highest BCUT2D eigenvalue weighted by Gasteiger charge is 2.36. The van der Waals surface area contributed by atoms with Crippen LogP contribution in [0.2, 0.25) is 0 Å². The van der Waals surface area contributed by atoms with E-state index in [1.165, 1.54) is 12.5 Å². The fourth-order valence-corrected chi connectivity index (χ4v) is 4.82. The highest BCUT2D eigenvalue weighted by molar-refractivity contribution is 5.94. The number of aromatic nitrogens is 1. The summed E-state index contributed by atoms with van der Waals surface area (Å²) in [6.07, 6.45) is 4.54. The van der Waals surface area contributed by atoms with Gasteiger partial charge in [0, 0.05) is 37.7 Å². The van der Waals surface area contributed by atoms with E-state index in [1.807, 2.05) is 4.90 Å². The van der Waals surface area contributed by atoms with Gasteiger partial charge in [-0.25, -0.2) is 4.98 Å². The van der Waals surface area contributed by atoms with Crippen LogP contribution in [0.1, 0.15) is 79.7 Å². The maximum absolute atomic E-state index is 13.0. The maximum Gasteiger partial charge on any atom is 0.257 e. The molecule has 7 heteroatoms. The second-order valence-electron chi connectivity index (χ2n) is 9.66. The lowest BCUT2D eigenvalue weighted by Gasteiger charge is -2.42. The van der Waals surface area contributed by atoms with Crippen molar-refractivity contribution < 1.29 is 13.9 Å². The Balaban J connectivity index is 1.70. The molecule has 1 atom stereocenters. The number of rotatable bonds is 4. The van der Waals surface area contributed by atoms with Crippen LogP contribution in [0.25, 0.3) is 0 Å². The van der Waals surface area contributed by atoms with Gasteiger partial charge >= 0.3 is 0 Å². The molecule has 0 saturated carbocycles. The van der Waals surface area contributed by atoms with E-state index in [1.54, 1.807) is 6.07 Å². The normalized spacial score (nSPS) is 20.2. The summed E-state index contributed by atoms with van der Waals surface area (Å²) in [5.74, 6) is 0.971. The fourth-order valence-electron chi connectivity index (χ4n) is 4.82. The number of nitrogens with zero attached hydrogens (tertiary/aromatic N) is 4. The Morgan fingerprint density at radius 3 is 2.75 bits per heavy atom. The molecule has 0 aliphatic carbocycles. The highest BCUT2D eigenvalue weighted by atomic mass is 16.5. The molecule has 0 radical (unpaired) electrons. The van der Waals surface area contributed by atoms with Crippen molar-refractivity contribution in [1.82, 2.24) is 9.88 Å². The number of hydrogen-bond acceptors (Lipinski definition) is 6. The number of hydrogen-bond donors (Lipinski definition) is 0. The average molecular weight is 437 g/mol. The molecule has 7 nitrogen and oxygen atoms in total. The first-order chi connectivity index (χ1) is 15.3. The number of furan rings is 1. The van der Waals surface area contributed by atoms with Gasteiger partial charge < -0.3 is 19.0 Å².